The van der Waals surface area contributed by atoms with E-state index in [0.717, 1.165) is 27.9 Å². The van der Waals surface area contributed by atoms with E-state index < -0.39 is 0 Å². The van der Waals surface area contributed by atoms with Gasteiger partial charge in [-0.3, -0.25) is 15.0 Å². The van der Waals surface area contributed by atoms with Crippen molar-refractivity contribution in [2.45, 2.75) is 0 Å². The molecular formula is C23H13N9. The van der Waals surface area contributed by atoms with Crippen LogP contribution in [0.4, 0.5) is 0 Å². The third-order valence-corrected chi connectivity index (χ3v) is 5.10. The number of pyridine rings is 3. The summed E-state index contributed by atoms with van der Waals surface area (Å²) in [6, 6.07) is 19.1. The highest BCUT2D eigenvalue weighted by atomic mass is 15.4. The molecular weight excluding hydrogens is 402 g/mol. The van der Waals surface area contributed by atoms with Gasteiger partial charge in [-0.1, -0.05) is 18.2 Å². The average Bonchev–Trinajstić information content (AvgIpc) is 2.89. The number of hydrogen-bond donors (Lipinski definition) is 0. The van der Waals surface area contributed by atoms with E-state index >= 15 is 0 Å². The normalized spacial score (nSPS) is 11.1. The Morgan fingerprint density at radius 3 is 1.88 bits per heavy atom. The summed E-state index contributed by atoms with van der Waals surface area (Å²) in [7, 11) is 0. The van der Waals surface area contributed by atoms with E-state index in [1.807, 2.05) is 60.7 Å². The molecule has 0 amide bonds. The molecule has 0 aliphatic heterocycles. The number of rotatable bonds is 3. The standard InChI is InChI=1S/C23H13N9/c1-4-10-24-15(7-1)14-13-18-22(30-32-31-27-18)23-19(14)20(16-8-2-5-11-25-16)21(28-29-23)17-9-3-6-12-26-17/h1-13H. The van der Waals surface area contributed by atoms with Gasteiger partial charge in [-0.05, 0) is 52.9 Å². The van der Waals surface area contributed by atoms with E-state index in [1.165, 1.54) is 0 Å². The van der Waals surface area contributed by atoms with Crippen LogP contribution >= 0.6 is 0 Å². The Hall–Kier alpha value is -4.79. The first-order chi connectivity index (χ1) is 15.9. The van der Waals surface area contributed by atoms with E-state index in [9.17, 15) is 0 Å². The summed E-state index contributed by atoms with van der Waals surface area (Å²) >= 11 is 0. The van der Waals surface area contributed by atoms with Crippen molar-refractivity contribution < 1.29 is 0 Å². The van der Waals surface area contributed by atoms with Crippen LogP contribution in [0, 0.1) is 0 Å². The smallest absolute Gasteiger partial charge is 0.143 e. The van der Waals surface area contributed by atoms with Gasteiger partial charge >= 0.3 is 0 Å². The first kappa shape index (κ1) is 18.0. The summed E-state index contributed by atoms with van der Waals surface area (Å²) in [5.74, 6) is 0. The third kappa shape index (κ3) is 2.91. The Labute approximate surface area is 181 Å². The first-order valence-electron chi connectivity index (χ1n) is 9.83. The second-order valence-corrected chi connectivity index (χ2v) is 6.96. The molecule has 0 aliphatic rings. The highest BCUT2D eigenvalue weighted by molar-refractivity contribution is 6.15. The van der Waals surface area contributed by atoms with Crippen molar-refractivity contribution in [3.8, 4) is 33.9 Å². The lowest BCUT2D eigenvalue weighted by Gasteiger charge is -2.14. The summed E-state index contributed by atoms with van der Waals surface area (Å²) in [5, 5.41) is 25.7. The van der Waals surface area contributed by atoms with Crippen LogP contribution in [-0.4, -0.2) is 45.8 Å². The molecule has 0 fully saturated rings. The summed E-state index contributed by atoms with van der Waals surface area (Å²) in [5.41, 5.74) is 6.02. The van der Waals surface area contributed by atoms with E-state index in [-0.39, 0.29) is 0 Å². The lowest BCUT2D eigenvalue weighted by Crippen LogP contribution is -2.02. The molecule has 1 aromatic carbocycles. The number of fused-ring (bicyclic) bond motifs is 3. The van der Waals surface area contributed by atoms with Gasteiger partial charge in [0, 0.05) is 35.1 Å². The second kappa shape index (κ2) is 7.47. The minimum absolute atomic E-state index is 0.506. The maximum Gasteiger partial charge on any atom is 0.143 e. The van der Waals surface area contributed by atoms with E-state index in [0.29, 0.717) is 27.9 Å². The van der Waals surface area contributed by atoms with Crippen molar-refractivity contribution >= 4 is 21.9 Å². The summed E-state index contributed by atoms with van der Waals surface area (Å²) in [6.45, 7) is 0. The van der Waals surface area contributed by atoms with Crippen LogP contribution in [0.25, 0.3) is 55.8 Å². The molecule has 5 heterocycles. The molecule has 9 heteroatoms. The predicted molar refractivity (Wildman–Crippen MR) is 118 cm³/mol. The lowest BCUT2D eigenvalue weighted by atomic mass is 9.95. The molecule has 0 aliphatic carbocycles. The topological polar surface area (TPSA) is 116 Å². The third-order valence-electron chi connectivity index (χ3n) is 5.10. The van der Waals surface area contributed by atoms with E-state index in [1.54, 1.807) is 18.6 Å². The van der Waals surface area contributed by atoms with Gasteiger partial charge in [0.1, 0.15) is 22.2 Å². The molecule has 0 atom stereocenters. The van der Waals surface area contributed by atoms with Gasteiger partial charge in [-0.15, -0.1) is 20.4 Å². The zero-order chi connectivity index (χ0) is 21.3. The van der Waals surface area contributed by atoms with E-state index in [4.69, 9.17) is 0 Å². The average molecular weight is 415 g/mol. The lowest BCUT2D eigenvalue weighted by molar-refractivity contribution is 0.798. The summed E-state index contributed by atoms with van der Waals surface area (Å²) in [4.78, 5) is 13.7. The molecule has 6 aromatic rings. The maximum atomic E-state index is 4.62. The Bertz CT molecular complexity index is 1560. The fourth-order valence-corrected chi connectivity index (χ4v) is 3.74. The molecule has 9 nitrogen and oxygen atoms in total. The van der Waals surface area contributed by atoms with Crippen molar-refractivity contribution in [3.05, 3.63) is 79.3 Å². The molecule has 0 unspecified atom stereocenters. The van der Waals surface area contributed by atoms with Gasteiger partial charge in [0.2, 0.25) is 0 Å². The number of hydrogen-bond acceptors (Lipinski definition) is 9. The van der Waals surface area contributed by atoms with Gasteiger partial charge < -0.3 is 0 Å². The molecule has 5 aromatic heterocycles. The van der Waals surface area contributed by atoms with Crippen LogP contribution in [0.2, 0.25) is 0 Å². The second-order valence-electron chi connectivity index (χ2n) is 6.96. The van der Waals surface area contributed by atoms with E-state index in [2.05, 4.69) is 45.8 Å². The molecule has 0 radical (unpaired) electrons. The van der Waals surface area contributed by atoms with Crippen molar-refractivity contribution in [1.29, 1.82) is 0 Å². The summed E-state index contributed by atoms with van der Waals surface area (Å²) in [6.07, 6.45) is 5.22. The van der Waals surface area contributed by atoms with Crippen LogP contribution in [-0.2, 0) is 0 Å². The highest BCUT2D eigenvalue weighted by Gasteiger charge is 2.23. The van der Waals surface area contributed by atoms with Gasteiger partial charge in [-0.2, -0.15) is 0 Å². The fraction of sp³-hybridized carbons (Fsp3) is 0. The van der Waals surface area contributed by atoms with Gasteiger partial charge in [-0.25, -0.2) is 0 Å². The Morgan fingerprint density at radius 2 is 1.19 bits per heavy atom. The van der Waals surface area contributed by atoms with Crippen molar-refractivity contribution in [1.82, 2.24) is 45.8 Å². The minimum Gasteiger partial charge on any atom is -0.256 e. The Morgan fingerprint density at radius 1 is 0.531 bits per heavy atom. The molecule has 0 N–H and O–H groups in total. The number of aromatic nitrogens is 9. The van der Waals surface area contributed by atoms with Crippen molar-refractivity contribution in [2.24, 2.45) is 0 Å². The molecule has 0 saturated heterocycles. The Balaban J connectivity index is 1.84. The zero-order valence-corrected chi connectivity index (χ0v) is 16.5. The van der Waals surface area contributed by atoms with Crippen LogP contribution in [0.1, 0.15) is 0 Å². The summed E-state index contributed by atoms with van der Waals surface area (Å²) < 4.78 is 0. The molecule has 32 heavy (non-hydrogen) atoms. The van der Waals surface area contributed by atoms with Gasteiger partial charge in [0.05, 0.1) is 17.1 Å². The maximum absolute atomic E-state index is 4.62. The highest BCUT2D eigenvalue weighted by Crippen LogP contribution is 2.40. The molecule has 150 valence electrons. The number of benzene rings is 1. The first-order valence-corrected chi connectivity index (χ1v) is 9.83. The van der Waals surface area contributed by atoms with Gasteiger partial charge in [0.15, 0.2) is 0 Å². The van der Waals surface area contributed by atoms with Crippen molar-refractivity contribution in [3.63, 3.8) is 0 Å². The van der Waals surface area contributed by atoms with Gasteiger partial charge in [0.25, 0.3) is 0 Å². The predicted octanol–water partition coefficient (Wildman–Crippen LogP) is 3.55. The monoisotopic (exact) mass is 415 g/mol. The minimum atomic E-state index is 0.506. The molecule has 0 spiro atoms. The van der Waals surface area contributed by atoms with Crippen LogP contribution < -0.4 is 0 Å². The van der Waals surface area contributed by atoms with Crippen LogP contribution in [0.5, 0.6) is 0 Å². The quantitative estimate of drug-likeness (QED) is 0.400. The van der Waals surface area contributed by atoms with Crippen molar-refractivity contribution in [2.75, 3.05) is 0 Å². The Kier molecular flexibility index (Phi) is 4.21. The number of nitrogens with zero attached hydrogens (tertiary/aromatic N) is 9. The molecule has 0 bridgehead atoms. The largest absolute Gasteiger partial charge is 0.256 e. The molecule has 6 rings (SSSR count). The van der Waals surface area contributed by atoms with Crippen LogP contribution in [0.15, 0.2) is 79.3 Å². The van der Waals surface area contributed by atoms with Crippen LogP contribution in [0.3, 0.4) is 0 Å². The zero-order valence-electron chi connectivity index (χ0n) is 16.5. The molecule has 0 saturated carbocycles. The fourth-order valence-electron chi connectivity index (χ4n) is 3.74. The SMILES string of the molecule is c1ccc(-c2nnc3c(c(-c4ccccn4)cc4nnnnc43)c2-c2ccccn2)nc1.